The molecule has 0 aliphatic heterocycles. The Balaban J connectivity index is 2.93. The standard InChI is InChI=1S/C19H14O6/c1-9(17(20)21)12-7-15(11(3)19(24)25)14-6-4-5-13(16(14)8-12)10(2)18(22)23/h4-8H,1-3H2,(H,20,21)(H,22,23)(H,24,25). The van der Waals surface area contributed by atoms with E-state index >= 15 is 0 Å². The quantitative estimate of drug-likeness (QED) is 0.698. The van der Waals surface area contributed by atoms with Gasteiger partial charge in [-0.15, -0.1) is 0 Å². The second-order valence-corrected chi connectivity index (χ2v) is 5.28. The Bertz CT molecular complexity index is 981. The Labute approximate surface area is 142 Å². The SMILES string of the molecule is C=C(C(=O)O)c1cc(C(=C)C(=O)O)c2cccc(C(=C)C(=O)O)c2c1. The lowest BCUT2D eigenvalue weighted by Gasteiger charge is -2.14. The fraction of sp³-hybridized carbons (Fsp3) is 0. The molecular weight excluding hydrogens is 324 g/mol. The fourth-order valence-electron chi connectivity index (χ4n) is 2.43. The number of aliphatic carboxylic acids is 3. The number of rotatable bonds is 6. The third kappa shape index (κ3) is 3.18. The minimum absolute atomic E-state index is 0.156. The molecule has 0 saturated carbocycles. The van der Waals surface area contributed by atoms with E-state index in [2.05, 4.69) is 19.7 Å². The highest BCUT2D eigenvalue weighted by molar-refractivity contribution is 6.23. The van der Waals surface area contributed by atoms with Crippen LogP contribution in [0.25, 0.3) is 27.5 Å². The van der Waals surface area contributed by atoms with E-state index in [9.17, 15) is 24.6 Å². The minimum atomic E-state index is -1.28. The maximum absolute atomic E-state index is 11.3. The molecule has 3 N–H and O–H groups in total. The summed E-state index contributed by atoms with van der Waals surface area (Å²) in [5.41, 5.74) is -0.106. The number of hydrogen-bond acceptors (Lipinski definition) is 3. The molecule has 6 heteroatoms. The molecule has 0 saturated heterocycles. The molecule has 0 radical (unpaired) electrons. The summed E-state index contributed by atoms with van der Waals surface area (Å²) in [5, 5.41) is 28.4. The molecular formula is C19H14O6. The highest BCUT2D eigenvalue weighted by Crippen LogP contribution is 2.33. The number of carboxylic acids is 3. The summed E-state index contributed by atoms with van der Waals surface area (Å²) in [6.45, 7) is 10.5. The van der Waals surface area contributed by atoms with Gasteiger partial charge in [0.15, 0.2) is 0 Å². The number of hydrogen-bond donors (Lipinski definition) is 3. The van der Waals surface area contributed by atoms with Gasteiger partial charge in [-0.05, 0) is 39.6 Å². The molecule has 6 nitrogen and oxygen atoms in total. The molecule has 0 fully saturated rings. The van der Waals surface area contributed by atoms with Gasteiger partial charge in [-0.25, -0.2) is 14.4 Å². The maximum Gasteiger partial charge on any atom is 0.335 e. The van der Waals surface area contributed by atoms with Crippen LogP contribution in [-0.4, -0.2) is 33.2 Å². The van der Waals surface area contributed by atoms with Crippen LogP contribution >= 0.6 is 0 Å². The summed E-state index contributed by atoms with van der Waals surface area (Å²) in [4.78, 5) is 33.8. The molecule has 2 aromatic carbocycles. The molecule has 25 heavy (non-hydrogen) atoms. The first-order valence-electron chi connectivity index (χ1n) is 6.99. The molecule has 0 amide bonds. The monoisotopic (exact) mass is 338 g/mol. The van der Waals surface area contributed by atoms with Crippen LogP contribution < -0.4 is 0 Å². The summed E-state index contributed by atoms with van der Waals surface area (Å²) in [6, 6.07) is 7.50. The van der Waals surface area contributed by atoms with Crippen LogP contribution in [0.3, 0.4) is 0 Å². The van der Waals surface area contributed by atoms with Crippen LogP contribution in [0, 0.1) is 0 Å². The van der Waals surface area contributed by atoms with Crippen LogP contribution in [0.15, 0.2) is 50.1 Å². The van der Waals surface area contributed by atoms with E-state index in [0.29, 0.717) is 10.8 Å². The van der Waals surface area contributed by atoms with Crippen molar-refractivity contribution in [3.05, 3.63) is 66.8 Å². The van der Waals surface area contributed by atoms with E-state index in [-0.39, 0.29) is 33.4 Å². The molecule has 0 aromatic heterocycles. The van der Waals surface area contributed by atoms with E-state index < -0.39 is 17.9 Å². The van der Waals surface area contributed by atoms with E-state index in [1.807, 2.05) is 0 Å². The summed E-state index contributed by atoms with van der Waals surface area (Å²) >= 11 is 0. The summed E-state index contributed by atoms with van der Waals surface area (Å²) in [7, 11) is 0. The van der Waals surface area contributed by atoms with Crippen molar-refractivity contribution in [1.29, 1.82) is 0 Å². The van der Waals surface area contributed by atoms with Gasteiger partial charge >= 0.3 is 17.9 Å². The number of benzene rings is 2. The normalized spacial score (nSPS) is 10.2. The van der Waals surface area contributed by atoms with Crippen LogP contribution in [-0.2, 0) is 14.4 Å². The Hall–Kier alpha value is -3.67. The molecule has 126 valence electrons. The van der Waals surface area contributed by atoms with Gasteiger partial charge in [0.1, 0.15) is 0 Å². The van der Waals surface area contributed by atoms with Crippen molar-refractivity contribution >= 4 is 45.4 Å². The topological polar surface area (TPSA) is 112 Å². The van der Waals surface area contributed by atoms with Crippen LogP contribution in [0.1, 0.15) is 16.7 Å². The van der Waals surface area contributed by atoms with Gasteiger partial charge in [-0.3, -0.25) is 0 Å². The third-order valence-corrected chi connectivity index (χ3v) is 3.77. The second kappa shape index (κ2) is 6.45. The predicted molar refractivity (Wildman–Crippen MR) is 94.0 cm³/mol. The van der Waals surface area contributed by atoms with Crippen molar-refractivity contribution in [3.63, 3.8) is 0 Å². The van der Waals surface area contributed by atoms with E-state index in [4.69, 9.17) is 5.11 Å². The van der Waals surface area contributed by atoms with Crippen LogP contribution in [0.5, 0.6) is 0 Å². The van der Waals surface area contributed by atoms with Gasteiger partial charge in [0, 0.05) is 0 Å². The molecule has 0 atom stereocenters. The number of carbonyl (C=O) groups is 3. The van der Waals surface area contributed by atoms with E-state index in [1.165, 1.54) is 18.2 Å². The molecule has 0 aliphatic carbocycles. The zero-order valence-corrected chi connectivity index (χ0v) is 13.1. The maximum atomic E-state index is 11.3. The van der Waals surface area contributed by atoms with Crippen molar-refractivity contribution in [2.75, 3.05) is 0 Å². The molecule has 2 aromatic rings. The molecule has 0 aliphatic rings. The highest BCUT2D eigenvalue weighted by atomic mass is 16.4. The smallest absolute Gasteiger partial charge is 0.335 e. The average molecular weight is 338 g/mol. The lowest BCUT2D eigenvalue weighted by Crippen LogP contribution is -2.04. The van der Waals surface area contributed by atoms with Crippen molar-refractivity contribution in [3.8, 4) is 0 Å². The number of carboxylic acid groups (broad SMARTS) is 3. The zero-order valence-electron chi connectivity index (χ0n) is 13.1. The molecule has 0 unspecified atom stereocenters. The van der Waals surface area contributed by atoms with Crippen molar-refractivity contribution in [2.24, 2.45) is 0 Å². The third-order valence-electron chi connectivity index (χ3n) is 3.77. The Morgan fingerprint density at radius 2 is 1.20 bits per heavy atom. The largest absolute Gasteiger partial charge is 0.478 e. The fourth-order valence-corrected chi connectivity index (χ4v) is 2.43. The summed E-state index contributed by atoms with van der Waals surface area (Å²) in [6.07, 6.45) is 0. The Kier molecular flexibility index (Phi) is 4.56. The molecule has 2 rings (SSSR count). The van der Waals surface area contributed by atoms with Gasteiger partial charge < -0.3 is 15.3 Å². The lowest BCUT2D eigenvalue weighted by molar-refractivity contribution is -0.131. The van der Waals surface area contributed by atoms with Gasteiger partial charge in [-0.2, -0.15) is 0 Å². The second-order valence-electron chi connectivity index (χ2n) is 5.28. The average Bonchev–Trinajstić information content (AvgIpc) is 2.57. The van der Waals surface area contributed by atoms with Crippen LogP contribution in [0.4, 0.5) is 0 Å². The highest BCUT2D eigenvalue weighted by Gasteiger charge is 2.19. The van der Waals surface area contributed by atoms with Gasteiger partial charge in [0.05, 0.1) is 16.7 Å². The minimum Gasteiger partial charge on any atom is -0.478 e. The Morgan fingerprint density at radius 3 is 1.72 bits per heavy atom. The van der Waals surface area contributed by atoms with Gasteiger partial charge in [0.2, 0.25) is 0 Å². The van der Waals surface area contributed by atoms with Crippen LogP contribution in [0.2, 0.25) is 0 Å². The molecule has 0 bridgehead atoms. The van der Waals surface area contributed by atoms with E-state index in [0.717, 1.165) is 0 Å². The Morgan fingerprint density at radius 1 is 0.680 bits per heavy atom. The zero-order chi connectivity index (χ0) is 18.9. The van der Waals surface area contributed by atoms with Gasteiger partial charge in [-0.1, -0.05) is 37.9 Å². The summed E-state index contributed by atoms with van der Waals surface area (Å²) < 4.78 is 0. The van der Waals surface area contributed by atoms with Crippen molar-refractivity contribution < 1.29 is 29.7 Å². The molecule has 0 heterocycles. The van der Waals surface area contributed by atoms with Crippen molar-refractivity contribution in [2.45, 2.75) is 0 Å². The first kappa shape index (κ1) is 17.7. The lowest BCUT2D eigenvalue weighted by atomic mass is 9.90. The first-order valence-corrected chi connectivity index (χ1v) is 6.99. The summed E-state index contributed by atoms with van der Waals surface area (Å²) in [5.74, 6) is -3.80. The molecule has 0 spiro atoms. The van der Waals surface area contributed by atoms with Gasteiger partial charge in [0.25, 0.3) is 0 Å². The van der Waals surface area contributed by atoms with E-state index in [1.54, 1.807) is 12.1 Å². The van der Waals surface area contributed by atoms with Crippen molar-refractivity contribution in [1.82, 2.24) is 0 Å². The first-order chi connectivity index (χ1) is 11.6. The number of fused-ring (bicyclic) bond motifs is 1. The predicted octanol–water partition coefficient (Wildman–Crippen LogP) is 3.13.